The van der Waals surface area contributed by atoms with Crippen molar-refractivity contribution >= 4 is 29.4 Å². The Hall–Kier alpha value is -4.03. The third kappa shape index (κ3) is 2.87. The van der Waals surface area contributed by atoms with E-state index in [2.05, 4.69) is 20.3 Å². The van der Waals surface area contributed by atoms with Gasteiger partial charge in [0.25, 0.3) is 11.8 Å². The highest BCUT2D eigenvalue weighted by Gasteiger charge is 2.43. The van der Waals surface area contributed by atoms with E-state index >= 15 is 0 Å². The maximum Gasteiger partial charge on any atom is 0.287 e. The van der Waals surface area contributed by atoms with Crippen molar-refractivity contribution in [3.63, 3.8) is 0 Å². The number of quaternary nitrogens is 1. The zero-order valence-corrected chi connectivity index (χ0v) is 15.2. The molecule has 0 saturated heterocycles. The summed E-state index contributed by atoms with van der Waals surface area (Å²) in [6, 6.07) is 10.9. The molecule has 0 saturated carbocycles. The lowest BCUT2D eigenvalue weighted by molar-refractivity contribution is 0.355. The number of pyridine rings is 1. The molecule has 3 heterocycles. The Kier molecular flexibility index (Phi) is 4.31. The summed E-state index contributed by atoms with van der Waals surface area (Å²) < 4.78 is 10.6. The number of hydrogen-bond donors (Lipinski definition) is 1. The average Bonchev–Trinajstić information content (AvgIpc) is 3.12. The number of guanidine groups is 1. The van der Waals surface area contributed by atoms with Crippen molar-refractivity contribution in [2.75, 3.05) is 19.5 Å². The molecule has 28 heavy (non-hydrogen) atoms. The van der Waals surface area contributed by atoms with Crippen molar-refractivity contribution in [3.8, 4) is 17.6 Å². The number of hydrogen-bond acceptors (Lipinski definition) is 8. The molecule has 1 aromatic carbocycles. The normalized spacial score (nSPS) is 19.3. The predicted molar refractivity (Wildman–Crippen MR) is 106 cm³/mol. The number of methoxy groups -OCH3 is 2. The molecule has 2 aliphatic rings. The Morgan fingerprint density at radius 3 is 2.68 bits per heavy atom. The molecule has 2 aromatic rings. The number of aromatic nitrogens is 1. The lowest BCUT2D eigenvalue weighted by atomic mass is 10.3. The van der Waals surface area contributed by atoms with Crippen LogP contribution < -0.4 is 19.4 Å². The Morgan fingerprint density at radius 2 is 1.96 bits per heavy atom. The maximum atomic E-state index is 8.98. The second-order valence-electron chi connectivity index (χ2n) is 5.86. The number of aliphatic imine (C=N–C) groups is 2. The summed E-state index contributed by atoms with van der Waals surface area (Å²) in [7, 11) is 3.16. The molecule has 0 amide bonds. The number of benzene rings is 1. The van der Waals surface area contributed by atoms with Gasteiger partial charge in [-0.2, -0.15) is 10.3 Å². The summed E-state index contributed by atoms with van der Waals surface area (Å²) in [5, 5.41) is 16.9. The Balaban J connectivity index is 1.69. The highest BCUT2D eigenvalue weighted by Crippen LogP contribution is 2.32. The number of nitrogens with one attached hydrogen (secondary N) is 1. The van der Waals surface area contributed by atoms with E-state index in [-0.39, 0.29) is 4.59 Å². The van der Waals surface area contributed by atoms with Gasteiger partial charge in [-0.25, -0.2) is 4.98 Å². The monoisotopic (exact) mass is 374 g/mol. The summed E-state index contributed by atoms with van der Waals surface area (Å²) in [5.74, 6) is 2.24. The summed E-state index contributed by atoms with van der Waals surface area (Å²) in [6.45, 7) is 0. The molecule has 1 aromatic heterocycles. The van der Waals surface area contributed by atoms with E-state index < -0.39 is 0 Å². The van der Waals surface area contributed by atoms with Crippen LogP contribution in [0.3, 0.4) is 0 Å². The Morgan fingerprint density at radius 1 is 1.11 bits per heavy atom. The molecule has 9 nitrogen and oxygen atoms in total. The summed E-state index contributed by atoms with van der Waals surface area (Å²) >= 11 is 0. The third-order valence-corrected chi connectivity index (χ3v) is 4.28. The molecule has 4 rings (SSSR count). The van der Waals surface area contributed by atoms with Gasteiger partial charge in [0.15, 0.2) is 23.4 Å². The average molecular weight is 374 g/mol. The van der Waals surface area contributed by atoms with E-state index in [1.165, 1.54) is 0 Å². The van der Waals surface area contributed by atoms with Gasteiger partial charge in [-0.05, 0) is 23.3 Å². The zero-order valence-electron chi connectivity index (χ0n) is 15.2. The number of anilines is 1. The van der Waals surface area contributed by atoms with Crippen molar-refractivity contribution < 1.29 is 9.47 Å². The lowest BCUT2D eigenvalue weighted by Crippen LogP contribution is -2.44. The SMILES string of the molecule is COc1ccc(NC2=N[N+]3(c4ccc(C#N)nc4)C=CN=CC3=N2)cc1OC. The van der Waals surface area contributed by atoms with E-state index in [9.17, 15) is 0 Å². The van der Waals surface area contributed by atoms with Crippen molar-refractivity contribution in [1.82, 2.24) is 9.58 Å². The molecule has 1 unspecified atom stereocenters. The fraction of sp³-hybridized carbons (Fsp3) is 0.105. The van der Waals surface area contributed by atoms with Crippen LogP contribution in [0, 0.1) is 11.3 Å². The van der Waals surface area contributed by atoms with E-state index in [4.69, 9.17) is 19.8 Å². The van der Waals surface area contributed by atoms with Crippen molar-refractivity contribution in [3.05, 3.63) is 54.6 Å². The van der Waals surface area contributed by atoms with Gasteiger partial charge in [0.1, 0.15) is 18.0 Å². The first-order valence-electron chi connectivity index (χ1n) is 8.33. The quantitative estimate of drug-likeness (QED) is 0.829. The van der Waals surface area contributed by atoms with Crippen molar-refractivity contribution in [2.24, 2.45) is 15.1 Å². The minimum absolute atomic E-state index is 0.0160. The molecular formula is C19H16N7O2+. The second kappa shape index (κ2) is 6.94. The molecule has 2 aliphatic heterocycles. The minimum atomic E-state index is -0.0160. The topological polar surface area (TPSA) is 104 Å². The first-order valence-corrected chi connectivity index (χ1v) is 8.33. The van der Waals surface area contributed by atoms with Gasteiger partial charge < -0.3 is 14.8 Å². The van der Waals surface area contributed by atoms with Crippen LogP contribution in [-0.4, -0.2) is 37.2 Å². The van der Waals surface area contributed by atoms with Gasteiger partial charge >= 0.3 is 0 Å². The van der Waals surface area contributed by atoms with Crippen molar-refractivity contribution in [2.45, 2.75) is 0 Å². The van der Waals surface area contributed by atoms with E-state index in [0.717, 1.165) is 11.4 Å². The van der Waals surface area contributed by atoms with Gasteiger partial charge in [-0.3, -0.25) is 4.99 Å². The van der Waals surface area contributed by atoms with Crippen LogP contribution in [0.5, 0.6) is 11.5 Å². The summed E-state index contributed by atoms with van der Waals surface area (Å²) in [5.41, 5.74) is 1.82. The third-order valence-electron chi connectivity index (χ3n) is 4.28. The number of nitrogens with zero attached hydrogens (tertiary/aromatic N) is 6. The van der Waals surface area contributed by atoms with Gasteiger partial charge in [-0.1, -0.05) is 4.59 Å². The summed E-state index contributed by atoms with van der Waals surface area (Å²) in [6.07, 6.45) is 6.71. The van der Waals surface area contributed by atoms with Crippen LogP contribution in [0.25, 0.3) is 0 Å². The van der Waals surface area contributed by atoms with Crippen LogP contribution in [0.2, 0.25) is 0 Å². The summed E-state index contributed by atoms with van der Waals surface area (Å²) in [4.78, 5) is 12.9. The first-order chi connectivity index (χ1) is 13.7. The minimum Gasteiger partial charge on any atom is -0.493 e. The van der Waals surface area contributed by atoms with Gasteiger partial charge in [0, 0.05) is 17.8 Å². The molecule has 0 fully saturated rings. The largest absolute Gasteiger partial charge is 0.493 e. The van der Waals surface area contributed by atoms with Crippen LogP contribution in [0.4, 0.5) is 11.4 Å². The van der Waals surface area contributed by atoms with Crippen LogP contribution in [0.1, 0.15) is 5.69 Å². The maximum absolute atomic E-state index is 8.98. The fourth-order valence-corrected chi connectivity index (χ4v) is 2.90. The lowest BCUT2D eigenvalue weighted by Gasteiger charge is -2.23. The zero-order chi connectivity index (χ0) is 19.6. The number of rotatable bonds is 4. The molecule has 1 N–H and O–H groups in total. The van der Waals surface area contributed by atoms with Gasteiger partial charge in [0.05, 0.1) is 26.6 Å². The first kappa shape index (κ1) is 17.4. The molecule has 0 bridgehead atoms. The number of ether oxygens (including phenoxy) is 2. The molecular weight excluding hydrogens is 358 g/mol. The standard InChI is InChI=1S/C19H16N7O2/c1-27-16-6-4-13(9-17(16)28-2)23-19-24-18-12-21-7-8-26(18,25-19)15-5-3-14(10-20)22-11-15/h3-9,11-12H,1-2H3,(H,23,25)/q+1. The second-order valence-corrected chi connectivity index (χ2v) is 5.86. The van der Waals surface area contributed by atoms with Crippen molar-refractivity contribution in [1.29, 1.82) is 5.26 Å². The number of amidine groups is 1. The van der Waals surface area contributed by atoms with Crippen LogP contribution >= 0.6 is 0 Å². The van der Waals surface area contributed by atoms with Gasteiger partial charge in [-0.15, -0.1) is 0 Å². The molecule has 0 aliphatic carbocycles. The van der Waals surface area contributed by atoms with Crippen LogP contribution in [0.15, 0.2) is 64.0 Å². The van der Waals surface area contributed by atoms with Gasteiger partial charge in [0.2, 0.25) is 0 Å². The number of nitriles is 1. The fourth-order valence-electron chi connectivity index (χ4n) is 2.90. The van der Waals surface area contributed by atoms with E-state index in [1.807, 2.05) is 12.1 Å². The number of fused-ring (bicyclic) bond motifs is 1. The molecule has 138 valence electrons. The Labute approximate surface area is 161 Å². The van der Waals surface area contributed by atoms with Crippen LogP contribution in [-0.2, 0) is 0 Å². The smallest absolute Gasteiger partial charge is 0.287 e. The highest BCUT2D eigenvalue weighted by atomic mass is 16.5. The molecule has 9 heteroatoms. The van der Waals surface area contributed by atoms with E-state index in [0.29, 0.717) is 29.0 Å². The predicted octanol–water partition coefficient (Wildman–Crippen LogP) is 2.63. The molecule has 1 atom stereocenters. The highest BCUT2D eigenvalue weighted by molar-refractivity contribution is 6.38. The van der Waals surface area contributed by atoms with E-state index in [1.54, 1.807) is 63.3 Å². The molecule has 0 spiro atoms. The molecule has 0 radical (unpaired) electrons. The Bertz CT molecular complexity index is 1080.